The van der Waals surface area contributed by atoms with Crippen molar-refractivity contribution in [3.8, 4) is 11.5 Å². The highest BCUT2D eigenvalue weighted by atomic mass is 16.5. The lowest BCUT2D eigenvalue weighted by Gasteiger charge is -2.17. The Morgan fingerprint density at radius 1 is 1.21 bits per heavy atom. The maximum Gasteiger partial charge on any atom is 0.243 e. The molecule has 3 N–H and O–H groups in total. The van der Waals surface area contributed by atoms with Crippen molar-refractivity contribution in [3.63, 3.8) is 0 Å². The first-order valence-corrected chi connectivity index (χ1v) is 8.77. The molecule has 1 heterocycles. The van der Waals surface area contributed by atoms with Gasteiger partial charge in [0.1, 0.15) is 11.5 Å². The Bertz CT molecular complexity index is 882. The molecule has 3 amide bonds. The molecule has 146 valence electrons. The standard InChI is InChI=1S/C20H21N3O5/c1-28-17-7-5-15(6-8-17)23-12-13(9-19(23)26)20(27)21-11-18(25)22-14-3-2-4-16(24)10-14/h2-8,10,13,24H,9,11-12H2,1H3,(H,21,27)(H,22,25)/t13-/m1/s1. The van der Waals surface area contributed by atoms with Crippen LogP contribution >= 0.6 is 0 Å². The third-order valence-corrected chi connectivity index (χ3v) is 4.43. The summed E-state index contributed by atoms with van der Waals surface area (Å²) in [6, 6.07) is 13.2. The van der Waals surface area contributed by atoms with E-state index in [1.54, 1.807) is 48.4 Å². The molecule has 2 aromatic rings. The number of hydrogen-bond acceptors (Lipinski definition) is 5. The van der Waals surface area contributed by atoms with Gasteiger partial charge in [0, 0.05) is 30.4 Å². The van der Waals surface area contributed by atoms with Crippen molar-refractivity contribution in [1.29, 1.82) is 0 Å². The molecule has 8 heteroatoms. The van der Waals surface area contributed by atoms with Gasteiger partial charge >= 0.3 is 0 Å². The number of amides is 3. The lowest BCUT2D eigenvalue weighted by molar-refractivity contribution is -0.127. The summed E-state index contributed by atoms with van der Waals surface area (Å²) in [7, 11) is 1.56. The van der Waals surface area contributed by atoms with Crippen LogP contribution in [0.5, 0.6) is 11.5 Å². The van der Waals surface area contributed by atoms with Gasteiger partial charge in [-0.2, -0.15) is 0 Å². The van der Waals surface area contributed by atoms with Crippen molar-refractivity contribution in [2.75, 3.05) is 30.4 Å². The minimum Gasteiger partial charge on any atom is -0.508 e. The number of hydrogen-bond donors (Lipinski definition) is 3. The van der Waals surface area contributed by atoms with Crippen LogP contribution in [-0.2, 0) is 14.4 Å². The van der Waals surface area contributed by atoms with Crippen LogP contribution in [0.2, 0.25) is 0 Å². The van der Waals surface area contributed by atoms with E-state index >= 15 is 0 Å². The van der Waals surface area contributed by atoms with Gasteiger partial charge in [-0.3, -0.25) is 14.4 Å². The summed E-state index contributed by atoms with van der Waals surface area (Å²) < 4.78 is 5.10. The Morgan fingerprint density at radius 2 is 1.96 bits per heavy atom. The third kappa shape index (κ3) is 4.59. The number of methoxy groups -OCH3 is 1. The summed E-state index contributed by atoms with van der Waals surface area (Å²) in [5.41, 5.74) is 1.13. The van der Waals surface area contributed by atoms with Gasteiger partial charge in [0.25, 0.3) is 0 Å². The van der Waals surface area contributed by atoms with Crippen LogP contribution in [0.4, 0.5) is 11.4 Å². The molecule has 0 radical (unpaired) electrons. The molecule has 1 atom stereocenters. The Kier molecular flexibility index (Phi) is 5.78. The number of phenolic OH excluding ortho intramolecular Hbond substituents is 1. The molecule has 0 aromatic heterocycles. The van der Waals surface area contributed by atoms with Crippen molar-refractivity contribution >= 4 is 29.1 Å². The molecule has 0 saturated carbocycles. The Balaban J connectivity index is 1.52. The number of ether oxygens (including phenoxy) is 1. The van der Waals surface area contributed by atoms with Crippen LogP contribution in [0.25, 0.3) is 0 Å². The molecule has 3 rings (SSSR count). The van der Waals surface area contributed by atoms with E-state index < -0.39 is 11.8 Å². The van der Waals surface area contributed by atoms with Crippen LogP contribution in [0.15, 0.2) is 48.5 Å². The Labute approximate surface area is 162 Å². The molecule has 8 nitrogen and oxygen atoms in total. The largest absolute Gasteiger partial charge is 0.508 e. The second-order valence-corrected chi connectivity index (χ2v) is 6.42. The molecule has 0 aliphatic carbocycles. The number of nitrogens with zero attached hydrogens (tertiary/aromatic N) is 1. The first kappa shape index (κ1) is 19.2. The van der Waals surface area contributed by atoms with E-state index in [0.29, 0.717) is 17.1 Å². The molecule has 0 bridgehead atoms. The molecule has 1 aliphatic heterocycles. The number of carbonyl (C=O) groups excluding carboxylic acids is 3. The fourth-order valence-corrected chi connectivity index (χ4v) is 3.00. The fraction of sp³-hybridized carbons (Fsp3) is 0.250. The number of benzene rings is 2. The first-order valence-electron chi connectivity index (χ1n) is 8.77. The average Bonchev–Trinajstić information content (AvgIpc) is 3.08. The predicted octanol–water partition coefficient (Wildman–Crippen LogP) is 1.51. The quantitative estimate of drug-likeness (QED) is 0.701. The van der Waals surface area contributed by atoms with Gasteiger partial charge in [0.15, 0.2) is 0 Å². The van der Waals surface area contributed by atoms with Crippen molar-refractivity contribution in [3.05, 3.63) is 48.5 Å². The van der Waals surface area contributed by atoms with Gasteiger partial charge in [-0.1, -0.05) is 6.07 Å². The zero-order chi connectivity index (χ0) is 20.1. The molecular weight excluding hydrogens is 362 g/mol. The summed E-state index contributed by atoms with van der Waals surface area (Å²) in [4.78, 5) is 38.1. The zero-order valence-corrected chi connectivity index (χ0v) is 15.3. The maximum atomic E-state index is 12.3. The number of nitrogens with one attached hydrogen (secondary N) is 2. The minimum atomic E-state index is -0.525. The van der Waals surface area contributed by atoms with Crippen molar-refractivity contribution in [2.45, 2.75) is 6.42 Å². The van der Waals surface area contributed by atoms with Crippen LogP contribution in [0.3, 0.4) is 0 Å². The van der Waals surface area contributed by atoms with Gasteiger partial charge in [0.05, 0.1) is 19.6 Å². The Morgan fingerprint density at radius 3 is 2.64 bits per heavy atom. The highest BCUT2D eigenvalue weighted by Crippen LogP contribution is 2.26. The van der Waals surface area contributed by atoms with E-state index in [2.05, 4.69) is 10.6 Å². The number of phenols is 1. The van der Waals surface area contributed by atoms with Crippen molar-refractivity contribution in [2.24, 2.45) is 5.92 Å². The lowest BCUT2D eigenvalue weighted by Crippen LogP contribution is -2.37. The summed E-state index contributed by atoms with van der Waals surface area (Å²) in [5.74, 6) is -0.726. The number of aromatic hydroxyl groups is 1. The van der Waals surface area contributed by atoms with Crippen LogP contribution in [0, 0.1) is 5.92 Å². The smallest absolute Gasteiger partial charge is 0.243 e. The summed E-state index contributed by atoms with van der Waals surface area (Å²) in [6.45, 7) is 0.0346. The van der Waals surface area contributed by atoms with E-state index in [0.717, 1.165) is 0 Å². The topological polar surface area (TPSA) is 108 Å². The van der Waals surface area contributed by atoms with E-state index in [4.69, 9.17) is 4.74 Å². The normalized spacial score (nSPS) is 16.0. The zero-order valence-electron chi connectivity index (χ0n) is 15.3. The van der Waals surface area contributed by atoms with Crippen LogP contribution < -0.4 is 20.3 Å². The molecule has 28 heavy (non-hydrogen) atoms. The number of rotatable bonds is 6. The molecular formula is C20H21N3O5. The Hall–Kier alpha value is -3.55. The molecule has 1 saturated heterocycles. The van der Waals surface area contributed by atoms with Crippen molar-refractivity contribution < 1.29 is 24.2 Å². The number of anilines is 2. The van der Waals surface area contributed by atoms with E-state index in [1.807, 2.05) is 0 Å². The molecule has 1 fully saturated rings. The van der Waals surface area contributed by atoms with Gasteiger partial charge in [-0.15, -0.1) is 0 Å². The molecule has 0 spiro atoms. The minimum absolute atomic E-state index is 0.0323. The highest BCUT2D eigenvalue weighted by molar-refractivity contribution is 6.01. The predicted molar refractivity (Wildman–Crippen MR) is 103 cm³/mol. The van der Waals surface area contributed by atoms with Crippen LogP contribution in [0.1, 0.15) is 6.42 Å². The SMILES string of the molecule is COc1ccc(N2C[C@H](C(=O)NCC(=O)Nc3cccc(O)c3)CC2=O)cc1. The third-order valence-electron chi connectivity index (χ3n) is 4.43. The van der Waals surface area contributed by atoms with E-state index in [9.17, 15) is 19.5 Å². The first-order chi connectivity index (χ1) is 13.5. The van der Waals surface area contributed by atoms with Gasteiger partial charge in [0.2, 0.25) is 17.7 Å². The van der Waals surface area contributed by atoms with Crippen molar-refractivity contribution in [1.82, 2.24) is 5.32 Å². The van der Waals surface area contributed by atoms with Gasteiger partial charge in [-0.25, -0.2) is 0 Å². The fourth-order valence-electron chi connectivity index (χ4n) is 3.00. The molecule has 2 aromatic carbocycles. The summed E-state index contributed by atoms with van der Waals surface area (Å²) in [6.07, 6.45) is 0.0893. The lowest BCUT2D eigenvalue weighted by atomic mass is 10.1. The van der Waals surface area contributed by atoms with Gasteiger partial charge in [-0.05, 0) is 36.4 Å². The monoisotopic (exact) mass is 383 g/mol. The second kappa shape index (κ2) is 8.43. The molecule has 1 aliphatic rings. The highest BCUT2D eigenvalue weighted by Gasteiger charge is 2.35. The number of carbonyl (C=O) groups is 3. The summed E-state index contributed by atoms with van der Waals surface area (Å²) in [5, 5.41) is 14.5. The van der Waals surface area contributed by atoms with E-state index in [-0.39, 0.29) is 37.1 Å². The average molecular weight is 383 g/mol. The second-order valence-electron chi connectivity index (χ2n) is 6.42. The molecule has 0 unspecified atom stereocenters. The van der Waals surface area contributed by atoms with Crippen LogP contribution in [-0.4, -0.2) is 43.0 Å². The summed E-state index contributed by atoms with van der Waals surface area (Å²) >= 11 is 0. The maximum absolute atomic E-state index is 12.3. The van der Waals surface area contributed by atoms with Gasteiger partial charge < -0.3 is 25.4 Å². The van der Waals surface area contributed by atoms with E-state index in [1.165, 1.54) is 12.1 Å².